The number of hydrogen-bond donors (Lipinski definition) is 0. The van der Waals surface area contributed by atoms with Gasteiger partial charge in [0.2, 0.25) is 0 Å². The maximum Gasteiger partial charge on any atom is 0.338 e. The molecule has 4 heteroatoms. The highest BCUT2D eigenvalue weighted by Gasteiger charge is 2.14. The van der Waals surface area contributed by atoms with E-state index in [9.17, 15) is 9.18 Å². The van der Waals surface area contributed by atoms with Gasteiger partial charge in [-0.2, -0.15) is 0 Å². The average Bonchev–Trinajstić information content (AvgIpc) is 2.55. The Morgan fingerprint density at radius 2 is 1.86 bits per heavy atom. The van der Waals surface area contributed by atoms with Crippen LogP contribution < -0.4 is 0 Å². The van der Waals surface area contributed by atoms with Crippen molar-refractivity contribution in [3.63, 3.8) is 0 Å². The van der Waals surface area contributed by atoms with E-state index in [0.29, 0.717) is 17.9 Å². The van der Waals surface area contributed by atoms with Gasteiger partial charge in [-0.05, 0) is 35.9 Å². The van der Waals surface area contributed by atoms with Gasteiger partial charge >= 0.3 is 5.97 Å². The Bertz CT molecular complexity index is 828. The van der Waals surface area contributed by atoms with Crippen LogP contribution in [0.15, 0.2) is 54.7 Å². The van der Waals surface area contributed by atoms with Gasteiger partial charge in [-0.15, -0.1) is 0 Å². The fourth-order valence-corrected chi connectivity index (χ4v) is 2.44. The summed E-state index contributed by atoms with van der Waals surface area (Å²) >= 11 is 0. The minimum Gasteiger partial charge on any atom is -0.462 e. The van der Waals surface area contributed by atoms with Crippen molar-refractivity contribution in [1.82, 2.24) is 4.98 Å². The number of halogens is 1. The largest absolute Gasteiger partial charge is 0.462 e. The van der Waals surface area contributed by atoms with Gasteiger partial charge in [-0.25, -0.2) is 9.18 Å². The smallest absolute Gasteiger partial charge is 0.338 e. The molecule has 0 N–H and O–H groups in total. The average molecular weight is 295 g/mol. The Morgan fingerprint density at radius 1 is 1.09 bits per heavy atom. The monoisotopic (exact) mass is 295 g/mol. The van der Waals surface area contributed by atoms with E-state index in [-0.39, 0.29) is 11.8 Å². The van der Waals surface area contributed by atoms with Crippen molar-refractivity contribution in [2.75, 3.05) is 6.61 Å². The highest BCUT2D eigenvalue weighted by molar-refractivity contribution is 6.08. The molecule has 3 nitrogen and oxygen atoms in total. The lowest BCUT2D eigenvalue weighted by molar-refractivity contribution is 0.0528. The molecule has 0 radical (unpaired) electrons. The van der Waals surface area contributed by atoms with Crippen LogP contribution in [-0.4, -0.2) is 17.6 Å². The predicted molar refractivity (Wildman–Crippen MR) is 83.1 cm³/mol. The molecule has 110 valence electrons. The molecule has 2 aromatic carbocycles. The second-order valence-corrected chi connectivity index (χ2v) is 4.79. The molecular weight excluding hydrogens is 281 g/mol. The summed E-state index contributed by atoms with van der Waals surface area (Å²) < 4.78 is 18.1. The summed E-state index contributed by atoms with van der Waals surface area (Å²) in [5, 5.41) is 1.68. The van der Waals surface area contributed by atoms with Gasteiger partial charge < -0.3 is 4.74 Å². The first-order chi connectivity index (χ1) is 10.7. The third kappa shape index (κ3) is 2.55. The van der Waals surface area contributed by atoms with Crippen molar-refractivity contribution in [3.05, 3.63) is 66.1 Å². The number of carbonyl (C=O) groups is 1. The molecule has 0 saturated heterocycles. The summed E-state index contributed by atoms with van der Waals surface area (Å²) in [5.74, 6) is -0.728. The minimum absolute atomic E-state index is 0.328. The summed E-state index contributed by atoms with van der Waals surface area (Å²) in [4.78, 5) is 16.2. The van der Waals surface area contributed by atoms with Crippen molar-refractivity contribution in [1.29, 1.82) is 0 Å². The van der Waals surface area contributed by atoms with Crippen LogP contribution in [0.4, 0.5) is 4.39 Å². The molecule has 22 heavy (non-hydrogen) atoms. The Labute approximate surface area is 127 Å². The van der Waals surface area contributed by atoms with Crippen LogP contribution in [0.25, 0.3) is 22.0 Å². The molecule has 0 aliphatic rings. The third-order valence-electron chi connectivity index (χ3n) is 3.42. The number of esters is 1. The molecule has 0 amide bonds. The summed E-state index contributed by atoms with van der Waals surface area (Å²) in [6, 6.07) is 14.1. The van der Waals surface area contributed by atoms with Crippen LogP contribution in [0.5, 0.6) is 0 Å². The Kier molecular flexibility index (Phi) is 3.83. The predicted octanol–water partition coefficient (Wildman–Crippen LogP) is 4.22. The van der Waals surface area contributed by atoms with E-state index < -0.39 is 0 Å². The van der Waals surface area contributed by atoms with Crippen LogP contribution in [0.1, 0.15) is 17.3 Å². The molecular formula is C18H14FNO2. The first kappa shape index (κ1) is 14.2. The van der Waals surface area contributed by atoms with Crippen LogP contribution in [0.2, 0.25) is 0 Å². The number of nitrogens with zero attached hydrogens (tertiary/aromatic N) is 1. The second kappa shape index (κ2) is 5.93. The van der Waals surface area contributed by atoms with Gasteiger partial charge in [0.25, 0.3) is 0 Å². The molecule has 1 aromatic heterocycles. The van der Waals surface area contributed by atoms with Crippen molar-refractivity contribution < 1.29 is 13.9 Å². The maximum atomic E-state index is 13.0. The first-order valence-corrected chi connectivity index (χ1v) is 7.01. The first-order valence-electron chi connectivity index (χ1n) is 7.01. The molecule has 0 fully saturated rings. The second-order valence-electron chi connectivity index (χ2n) is 4.79. The SMILES string of the molecule is CCOC(=O)c1ccc(-c2ccc(F)cn2)c2ccccc12. The lowest BCUT2D eigenvalue weighted by Crippen LogP contribution is -2.05. The number of pyridine rings is 1. The van der Waals surface area contributed by atoms with Crippen molar-refractivity contribution in [2.45, 2.75) is 6.92 Å². The van der Waals surface area contributed by atoms with Crippen molar-refractivity contribution >= 4 is 16.7 Å². The maximum absolute atomic E-state index is 13.0. The van der Waals surface area contributed by atoms with Crippen LogP contribution in [0, 0.1) is 5.82 Å². The molecule has 0 saturated carbocycles. The Hall–Kier alpha value is -2.75. The van der Waals surface area contributed by atoms with Gasteiger partial charge in [0.1, 0.15) is 5.82 Å². The van der Waals surface area contributed by atoms with E-state index in [1.807, 2.05) is 30.3 Å². The fourth-order valence-electron chi connectivity index (χ4n) is 2.44. The zero-order valence-electron chi connectivity index (χ0n) is 12.0. The van der Waals surface area contributed by atoms with E-state index in [2.05, 4.69) is 4.98 Å². The molecule has 0 bridgehead atoms. The molecule has 0 atom stereocenters. The summed E-state index contributed by atoms with van der Waals surface area (Å²) in [5.41, 5.74) is 2.03. The number of benzene rings is 2. The molecule has 3 aromatic rings. The number of rotatable bonds is 3. The number of ether oxygens (including phenoxy) is 1. The summed E-state index contributed by atoms with van der Waals surface area (Å²) in [7, 11) is 0. The van der Waals surface area contributed by atoms with Crippen LogP contribution in [0.3, 0.4) is 0 Å². The van der Waals surface area contributed by atoms with Gasteiger partial charge in [-0.3, -0.25) is 4.98 Å². The zero-order valence-corrected chi connectivity index (χ0v) is 12.0. The highest BCUT2D eigenvalue weighted by Crippen LogP contribution is 2.30. The van der Waals surface area contributed by atoms with E-state index in [1.54, 1.807) is 19.1 Å². The van der Waals surface area contributed by atoms with Crippen LogP contribution in [-0.2, 0) is 4.74 Å². The van der Waals surface area contributed by atoms with Gasteiger partial charge in [0.05, 0.1) is 24.1 Å². The summed E-state index contributed by atoms with van der Waals surface area (Å²) in [6.45, 7) is 2.10. The minimum atomic E-state index is -0.379. The molecule has 0 aliphatic heterocycles. The normalized spacial score (nSPS) is 10.6. The van der Waals surface area contributed by atoms with Crippen LogP contribution >= 0.6 is 0 Å². The lowest BCUT2D eigenvalue weighted by Gasteiger charge is -2.10. The van der Waals surface area contributed by atoms with Gasteiger partial charge in [-0.1, -0.05) is 30.3 Å². The lowest BCUT2D eigenvalue weighted by atomic mass is 9.97. The topological polar surface area (TPSA) is 39.2 Å². The Balaban J connectivity index is 2.20. The quantitative estimate of drug-likeness (QED) is 0.679. The highest BCUT2D eigenvalue weighted by atomic mass is 19.1. The summed E-state index contributed by atoms with van der Waals surface area (Å²) in [6.07, 6.45) is 1.18. The molecule has 1 heterocycles. The molecule has 3 rings (SSSR count). The number of fused-ring (bicyclic) bond motifs is 1. The number of hydrogen-bond acceptors (Lipinski definition) is 3. The zero-order chi connectivity index (χ0) is 15.5. The van der Waals surface area contributed by atoms with E-state index in [0.717, 1.165) is 16.3 Å². The third-order valence-corrected chi connectivity index (χ3v) is 3.42. The van der Waals surface area contributed by atoms with Gasteiger partial charge in [0.15, 0.2) is 0 Å². The number of carbonyl (C=O) groups excluding carboxylic acids is 1. The van der Waals surface area contributed by atoms with Gasteiger partial charge in [0, 0.05) is 5.56 Å². The van der Waals surface area contributed by atoms with Crippen molar-refractivity contribution in [2.24, 2.45) is 0 Å². The number of aromatic nitrogens is 1. The van der Waals surface area contributed by atoms with Crippen molar-refractivity contribution in [3.8, 4) is 11.3 Å². The fraction of sp³-hybridized carbons (Fsp3) is 0.111. The molecule has 0 aliphatic carbocycles. The van der Waals surface area contributed by atoms with E-state index >= 15 is 0 Å². The Morgan fingerprint density at radius 3 is 2.55 bits per heavy atom. The van der Waals surface area contributed by atoms with E-state index in [4.69, 9.17) is 4.74 Å². The van der Waals surface area contributed by atoms with E-state index in [1.165, 1.54) is 12.3 Å². The molecule has 0 spiro atoms. The molecule has 0 unspecified atom stereocenters. The standard InChI is InChI=1S/C18H14FNO2/c1-2-22-18(21)16-9-8-15(13-5-3-4-6-14(13)16)17-10-7-12(19)11-20-17/h3-11H,2H2,1H3.